The van der Waals surface area contributed by atoms with Gasteiger partial charge in [0, 0.05) is 6.54 Å². The number of aromatic amines is 1. The molecule has 3 rings (SSSR count). The van der Waals surface area contributed by atoms with Gasteiger partial charge in [0.1, 0.15) is 23.9 Å². The van der Waals surface area contributed by atoms with Gasteiger partial charge in [-0.2, -0.15) is 0 Å². The summed E-state index contributed by atoms with van der Waals surface area (Å²) in [5, 5.41) is 0. The van der Waals surface area contributed by atoms with Gasteiger partial charge in [-0.25, -0.2) is 19.9 Å². The summed E-state index contributed by atoms with van der Waals surface area (Å²) in [4.78, 5) is 37.0. The second-order valence-corrected chi connectivity index (χ2v) is 6.09. The van der Waals surface area contributed by atoms with Crippen molar-refractivity contribution in [2.45, 2.75) is 6.54 Å². The van der Waals surface area contributed by atoms with E-state index in [-0.39, 0.29) is 6.61 Å². The molecule has 116 valence electrons. The highest BCUT2D eigenvalue weighted by Crippen LogP contribution is 2.33. The van der Waals surface area contributed by atoms with Gasteiger partial charge in [0.2, 0.25) is 0 Å². The molecule has 0 unspecified atom stereocenters. The minimum Gasteiger partial charge on any atom is -0.367 e. The molecular formula is C11H13N6O4P. The SMILES string of the molecule is O=P(O)(O)COCCn1cnc2c(-c3cnc[nH]3)ncnc21. The molecule has 0 amide bonds. The summed E-state index contributed by atoms with van der Waals surface area (Å²) < 4.78 is 17.4. The molecule has 0 aliphatic carbocycles. The van der Waals surface area contributed by atoms with Crippen LogP contribution in [-0.2, 0) is 15.8 Å². The standard InChI is InChI=1S/C11H13N6O4P/c18-22(19,20)7-21-2-1-17-6-16-10-9(8-3-12-4-13-8)14-5-15-11(10)17/h3-6H,1-2,7H2,(H,12,13)(H2,18,19,20). The van der Waals surface area contributed by atoms with Crippen LogP contribution in [-0.4, -0.2) is 52.2 Å². The Hall–Kier alpha value is -2.13. The Morgan fingerprint density at radius 2 is 2.18 bits per heavy atom. The molecule has 3 N–H and O–H groups in total. The van der Waals surface area contributed by atoms with Crippen LogP contribution in [0.4, 0.5) is 0 Å². The lowest BCUT2D eigenvalue weighted by Gasteiger charge is -2.06. The second kappa shape index (κ2) is 5.93. The van der Waals surface area contributed by atoms with Gasteiger partial charge in [-0.1, -0.05) is 0 Å². The largest absolute Gasteiger partial charge is 0.367 e. The highest BCUT2D eigenvalue weighted by molar-refractivity contribution is 7.51. The minimum absolute atomic E-state index is 0.139. The maximum absolute atomic E-state index is 10.7. The summed E-state index contributed by atoms with van der Waals surface area (Å²) in [6.07, 6.45) is 5.60. The number of rotatable bonds is 6. The van der Waals surface area contributed by atoms with Crippen molar-refractivity contribution in [1.29, 1.82) is 0 Å². The van der Waals surface area contributed by atoms with E-state index in [4.69, 9.17) is 14.5 Å². The van der Waals surface area contributed by atoms with Crippen molar-refractivity contribution in [2.75, 3.05) is 13.0 Å². The molecule has 0 bridgehead atoms. The Bertz CT molecular complexity index is 811. The number of nitrogens with zero attached hydrogens (tertiary/aromatic N) is 5. The molecule has 0 aliphatic heterocycles. The summed E-state index contributed by atoms with van der Waals surface area (Å²) in [5.74, 6) is 0. The molecule has 3 heterocycles. The van der Waals surface area contributed by atoms with E-state index in [1.807, 2.05) is 0 Å². The molecule has 3 aromatic heterocycles. The Labute approximate surface area is 124 Å². The average molecular weight is 324 g/mol. The van der Waals surface area contributed by atoms with E-state index in [0.29, 0.717) is 23.4 Å². The predicted octanol–water partition coefficient (Wildman–Crippen LogP) is 0.368. The summed E-state index contributed by atoms with van der Waals surface area (Å²) in [7, 11) is -4.14. The van der Waals surface area contributed by atoms with Crippen LogP contribution < -0.4 is 0 Å². The first-order valence-corrected chi connectivity index (χ1v) is 8.11. The van der Waals surface area contributed by atoms with Gasteiger partial charge >= 0.3 is 7.60 Å². The fourth-order valence-corrected chi connectivity index (χ4v) is 2.34. The van der Waals surface area contributed by atoms with Crippen molar-refractivity contribution >= 4 is 18.8 Å². The second-order valence-electron chi connectivity index (χ2n) is 4.50. The van der Waals surface area contributed by atoms with Crippen molar-refractivity contribution < 1.29 is 19.1 Å². The van der Waals surface area contributed by atoms with Gasteiger partial charge in [0.25, 0.3) is 0 Å². The van der Waals surface area contributed by atoms with E-state index in [9.17, 15) is 4.57 Å². The van der Waals surface area contributed by atoms with Gasteiger partial charge in [-0.05, 0) is 0 Å². The first-order valence-electron chi connectivity index (χ1n) is 6.31. The van der Waals surface area contributed by atoms with Gasteiger partial charge in [0.05, 0.1) is 31.2 Å². The van der Waals surface area contributed by atoms with Crippen LogP contribution in [0.5, 0.6) is 0 Å². The zero-order valence-electron chi connectivity index (χ0n) is 11.3. The molecule has 0 aromatic carbocycles. The Morgan fingerprint density at radius 1 is 1.32 bits per heavy atom. The first-order chi connectivity index (χ1) is 10.5. The smallest absolute Gasteiger partial charge is 0.350 e. The maximum atomic E-state index is 10.7. The van der Waals surface area contributed by atoms with Crippen LogP contribution in [0.3, 0.4) is 0 Å². The van der Waals surface area contributed by atoms with Crippen molar-refractivity contribution in [1.82, 2.24) is 29.5 Å². The van der Waals surface area contributed by atoms with E-state index in [1.165, 1.54) is 6.33 Å². The molecule has 0 saturated carbocycles. The lowest BCUT2D eigenvalue weighted by atomic mass is 10.3. The van der Waals surface area contributed by atoms with Crippen LogP contribution in [0.1, 0.15) is 0 Å². The number of hydrogen-bond donors (Lipinski definition) is 3. The van der Waals surface area contributed by atoms with Crippen molar-refractivity contribution in [3.63, 3.8) is 0 Å². The van der Waals surface area contributed by atoms with E-state index in [1.54, 1.807) is 23.4 Å². The Kier molecular flexibility index (Phi) is 3.99. The van der Waals surface area contributed by atoms with Crippen molar-refractivity contribution in [3.05, 3.63) is 25.2 Å². The molecular weight excluding hydrogens is 311 g/mol. The fraction of sp³-hybridized carbons (Fsp3) is 0.273. The van der Waals surface area contributed by atoms with Crippen molar-refractivity contribution in [2.24, 2.45) is 0 Å². The van der Waals surface area contributed by atoms with Gasteiger partial charge in [-0.15, -0.1) is 0 Å². The number of ether oxygens (including phenoxy) is 1. The molecule has 0 spiro atoms. The van der Waals surface area contributed by atoms with Gasteiger partial charge in [0.15, 0.2) is 5.65 Å². The van der Waals surface area contributed by atoms with Crippen molar-refractivity contribution in [3.8, 4) is 11.4 Å². The number of imidazole rings is 2. The number of fused-ring (bicyclic) bond motifs is 1. The number of nitrogens with one attached hydrogen (secondary N) is 1. The van der Waals surface area contributed by atoms with E-state index in [2.05, 4.69) is 24.9 Å². The topological polar surface area (TPSA) is 139 Å². The molecule has 10 nitrogen and oxygen atoms in total. The van der Waals surface area contributed by atoms with Crippen LogP contribution in [0.2, 0.25) is 0 Å². The molecule has 0 radical (unpaired) electrons. The third-order valence-electron chi connectivity index (χ3n) is 2.89. The summed E-state index contributed by atoms with van der Waals surface area (Å²) in [5.41, 5.74) is 2.59. The normalized spacial score (nSPS) is 12.1. The molecule has 0 fully saturated rings. The van der Waals surface area contributed by atoms with Crippen LogP contribution >= 0.6 is 7.60 Å². The Morgan fingerprint density at radius 3 is 2.91 bits per heavy atom. The summed E-state index contributed by atoms with van der Waals surface area (Å²) >= 11 is 0. The zero-order valence-corrected chi connectivity index (χ0v) is 12.2. The molecule has 22 heavy (non-hydrogen) atoms. The number of aromatic nitrogens is 6. The summed E-state index contributed by atoms with van der Waals surface area (Å²) in [6.45, 7) is 0.510. The first kappa shape index (κ1) is 14.8. The molecule has 0 atom stereocenters. The van der Waals surface area contributed by atoms with Gasteiger partial charge < -0.3 is 24.1 Å². The maximum Gasteiger partial charge on any atom is 0.350 e. The number of hydrogen-bond acceptors (Lipinski definition) is 6. The summed E-state index contributed by atoms with van der Waals surface area (Å²) in [6, 6.07) is 0. The fourth-order valence-electron chi connectivity index (χ4n) is 1.97. The van der Waals surface area contributed by atoms with Gasteiger partial charge in [-0.3, -0.25) is 4.57 Å². The lowest BCUT2D eigenvalue weighted by Crippen LogP contribution is -2.07. The zero-order chi connectivity index (χ0) is 15.6. The highest BCUT2D eigenvalue weighted by atomic mass is 31.2. The molecule has 0 saturated heterocycles. The Balaban J connectivity index is 1.78. The van der Waals surface area contributed by atoms with E-state index < -0.39 is 13.9 Å². The van der Waals surface area contributed by atoms with E-state index in [0.717, 1.165) is 5.69 Å². The van der Waals surface area contributed by atoms with Crippen LogP contribution in [0.15, 0.2) is 25.2 Å². The predicted molar refractivity (Wildman–Crippen MR) is 75.8 cm³/mol. The lowest BCUT2D eigenvalue weighted by molar-refractivity contribution is 0.149. The highest BCUT2D eigenvalue weighted by Gasteiger charge is 2.14. The third kappa shape index (κ3) is 3.20. The molecule has 3 aromatic rings. The quantitative estimate of drug-likeness (QED) is 0.436. The van der Waals surface area contributed by atoms with Crippen LogP contribution in [0, 0.1) is 0 Å². The third-order valence-corrected chi connectivity index (χ3v) is 3.41. The molecule has 0 aliphatic rings. The van der Waals surface area contributed by atoms with E-state index >= 15 is 0 Å². The van der Waals surface area contributed by atoms with Crippen LogP contribution in [0.25, 0.3) is 22.6 Å². The average Bonchev–Trinajstić information content (AvgIpc) is 3.12. The molecule has 11 heteroatoms. The monoisotopic (exact) mass is 324 g/mol. The number of H-pyrrole nitrogens is 1. The minimum atomic E-state index is -4.14.